The van der Waals surface area contributed by atoms with Gasteiger partial charge < -0.3 is 9.64 Å². The van der Waals surface area contributed by atoms with Gasteiger partial charge in [0.25, 0.3) is 11.6 Å². The van der Waals surface area contributed by atoms with Crippen molar-refractivity contribution in [3.63, 3.8) is 0 Å². The van der Waals surface area contributed by atoms with Gasteiger partial charge in [0.15, 0.2) is 0 Å². The Balaban J connectivity index is 2.47. The van der Waals surface area contributed by atoms with E-state index in [2.05, 4.69) is 0 Å². The number of methoxy groups -OCH3 is 1. The van der Waals surface area contributed by atoms with Crippen LogP contribution >= 0.6 is 0 Å². The number of ether oxygens (including phenoxy) is 1. The highest BCUT2D eigenvalue weighted by atomic mass is 19.1. The number of nitrogens with zero attached hydrogens (tertiary/aromatic N) is 2. The van der Waals surface area contributed by atoms with Gasteiger partial charge >= 0.3 is 0 Å². The van der Waals surface area contributed by atoms with Gasteiger partial charge in [-0.25, -0.2) is 8.78 Å². The Bertz CT molecular complexity index is 780. The number of anilines is 1. The van der Waals surface area contributed by atoms with E-state index in [0.717, 1.165) is 29.2 Å². The van der Waals surface area contributed by atoms with Gasteiger partial charge in [0.1, 0.15) is 22.9 Å². The summed E-state index contributed by atoms with van der Waals surface area (Å²) < 4.78 is 31.4. The van der Waals surface area contributed by atoms with E-state index in [1.54, 1.807) is 0 Å². The monoisotopic (exact) mass is 322 g/mol. The minimum atomic E-state index is -0.841. The molecule has 0 unspecified atom stereocenters. The average molecular weight is 322 g/mol. The van der Waals surface area contributed by atoms with Crippen molar-refractivity contribution in [2.75, 3.05) is 19.1 Å². The van der Waals surface area contributed by atoms with Crippen molar-refractivity contribution < 1.29 is 23.2 Å². The van der Waals surface area contributed by atoms with E-state index in [1.807, 2.05) is 0 Å². The van der Waals surface area contributed by atoms with Crippen LogP contribution in [0.3, 0.4) is 0 Å². The van der Waals surface area contributed by atoms with Crippen LogP contribution in [0, 0.1) is 21.7 Å². The number of halogens is 2. The molecule has 2 aromatic carbocycles. The summed E-state index contributed by atoms with van der Waals surface area (Å²) in [6, 6.07) is 6.17. The number of benzene rings is 2. The Morgan fingerprint density at radius 3 is 2.39 bits per heavy atom. The molecular weight excluding hydrogens is 310 g/mol. The smallest absolute Gasteiger partial charge is 0.285 e. The van der Waals surface area contributed by atoms with Crippen LogP contribution in [0.4, 0.5) is 20.2 Å². The summed E-state index contributed by atoms with van der Waals surface area (Å²) in [4.78, 5) is 23.7. The maximum atomic E-state index is 13.2. The molecular formula is C15H12F2N2O4. The summed E-state index contributed by atoms with van der Waals surface area (Å²) in [5, 5.41) is 11.0. The molecule has 0 aliphatic heterocycles. The van der Waals surface area contributed by atoms with Crippen molar-refractivity contribution in [2.24, 2.45) is 0 Å². The number of carbonyl (C=O) groups is 1. The molecule has 0 aliphatic rings. The molecule has 2 aromatic rings. The van der Waals surface area contributed by atoms with Crippen molar-refractivity contribution in [2.45, 2.75) is 0 Å². The number of hydrogen-bond donors (Lipinski definition) is 0. The van der Waals surface area contributed by atoms with Crippen molar-refractivity contribution in [1.29, 1.82) is 0 Å². The highest BCUT2D eigenvalue weighted by Gasteiger charge is 2.25. The van der Waals surface area contributed by atoms with Crippen LogP contribution in [0.25, 0.3) is 0 Å². The summed E-state index contributed by atoms with van der Waals surface area (Å²) in [6.07, 6.45) is 0. The van der Waals surface area contributed by atoms with Crippen LogP contribution < -0.4 is 9.64 Å². The van der Waals surface area contributed by atoms with Crippen molar-refractivity contribution in [3.8, 4) is 5.75 Å². The van der Waals surface area contributed by atoms with Gasteiger partial charge in [-0.3, -0.25) is 14.9 Å². The van der Waals surface area contributed by atoms with Gasteiger partial charge in [0.05, 0.1) is 23.8 Å². The van der Waals surface area contributed by atoms with Gasteiger partial charge in [0, 0.05) is 13.1 Å². The van der Waals surface area contributed by atoms with Crippen molar-refractivity contribution in [3.05, 3.63) is 63.7 Å². The van der Waals surface area contributed by atoms with E-state index in [9.17, 15) is 23.7 Å². The third kappa shape index (κ3) is 3.25. The topological polar surface area (TPSA) is 72.7 Å². The van der Waals surface area contributed by atoms with Gasteiger partial charge in [0.2, 0.25) is 0 Å². The molecule has 0 aliphatic carbocycles. The third-order valence-electron chi connectivity index (χ3n) is 3.19. The number of amides is 1. The second kappa shape index (κ2) is 6.39. The Labute approximate surface area is 130 Å². The number of rotatable bonds is 4. The lowest BCUT2D eigenvalue weighted by Crippen LogP contribution is -2.27. The Morgan fingerprint density at radius 2 is 1.78 bits per heavy atom. The first-order valence-electron chi connectivity index (χ1n) is 6.40. The first-order valence-corrected chi connectivity index (χ1v) is 6.40. The molecule has 120 valence electrons. The minimum absolute atomic E-state index is 0.0885. The van der Waals surface area contributed by atoms with E-state index < -0.39 is 28.2 Å². The molecule has 0 saturated heterocycles. The summed E-state index contributed by atoms with van der Waals surface area (Å²) in [6.45, 7) is 0. The molecule has 1 amide bonds. The summed E-state index contributed by atoms with van der Waals surface area (Å²) in [5.41, 5.74) is -0.717. The van der Waals surface area contributed by atoms with E-state index >= 15 is 0 Å². The SMILES string of the molecule is COc1cc(F)ccc1N(C)C(=O)c1ccc(F)cc1[N+](=O)[O-]. The highest BCUT2D eigenvalue weighted by molar-refractivity contribution is 6.09. The number of hydrogen-bond acceptors (Lipinski definition) is 4. The predicted molar refractivity (Wildman–Crippen MR) is 78.7 cm³/mol. The standard InChI is InChI=1S/C15H12F2N2O4/c1-18(12-6-4-10(17)8-14(12)23-2)15(20)11-5-3-9(16)7-13(11)19(21)22/h3-8H,1-2H3. The minimum Gasteiger partial charge on any atom is -0.494 e. The normalized spacial score (nSPS) is 10.3. The molecule has 0 spiro atoms. The number of nitro benzene ring substituents is 1. The molecule has 2 rings (SSSR count). The Kier molecular flexibility index (Phi) is 4.54. The molecule has 0 bridgehead atoms. The van der Waals surface area contributed by atoms with Crippen LogP contribution in [0.15, 0.2) is 36.4 Å². The van der Waals surface area contributed by atoms with Crippen LogP contribution in [-0.2, 0) is 0 Å². The molecule has 0 N–H and O–H groups in total. The largest absolute Gasteiger partial charge is 0.494 e. The van der Waals surface area contributed by atoms with Gasteiger partial charge in [-0.05, 0) is 24.3 Å². The Hall–Kier alpha value is -3.03. The first-order chi connectivity index (χ1) is 10.8. The molecule has 0 atom stereocenters. The van der Waals surface area contributed by atoms with Crippen molar-refractivity contribution in [1.82, 2.24) is 0 Å². The zero-order valence-electron chi connectivity index (χ0n) is 12.2. The van der Waals surface area contributed by atoms with Gasteiger partial charge in [-0.15, -0.1) is 0 Å². The summed E-state index contributed by atoms with van der Waals surface area (Å²) in [7, 11) is 2.65. The predicted octanol–water partition coefficient (Wildman–Crippen LogP) is 3.16. The lowest BCUT2D eigenvalue weighted by atomic mass is 10.1. The van der Waals surface area contributed by atoms with E-state index in [-0.39, 0.29) is 17.0 Å². The molecule has 0 saturated carbocycles. The first kappa shape index (κ1) is 16.3. The summed E-state index contributed by atoms with van der Waals surface area (Å²) in [5.74, 6) is -2.04. The lowest BCUT2D eigenvalue weighted by molar-refractivity contribution is -0.385. The lowest BCUT2D eigenvalue weighted by Gasteiger charge is -2.20. The Morgan fingerprint density at radius 1 is 1.17 bits per heavy atom. The maximum absolute atomic E-state index is 13.2. The zero-order chi connectivity index (χ0) is 17.1. The molecule has 0 fully saturated rings. The molecule has 0 radical (unpaired) electrons. The summed E-state index contributed by atoms with van der Waals surface area (Å²) >= 11 is 0. The van der Waals surface area contributed by atoms with Gasteiger partial charge in [-0.1, -0.05) is 0 Å². The maximum Gasteiger partial charge on any atom is 0.285 e. The van der Waals surface area contributed by atoms with E-state index in [0.29, 0.717) is 6.07 Å². The fourth-order valence-electron chi connectivity index (χ4n) is 2.06. The van der Waals surface area contributed by atoms with Crippen LogP contribution in [0.5, 0.6) is 5.75 Å². The quantitative estimate of drug-likeness (QED) is 0.640. The number of carbonyl (C=O) groups excluding carboxylic acids is 1. The van der Waals surface area contributed by atoms with Crippen LogP contribution in [0.1, 0.15) is 10.4 Å². The van der Waals surface area contributed by atoms with Gasteiger partial charge in [-0.2, -0.15) is 0 Å². The fourth-order valence-corrected chi connectivity index (χ4v) is 2.06. The average Bonchev–Trinajstić information content (AvgIpc) is 2.53. The fraction of sp³-hybridized carbons (Fsp3) is 0.133. The second-order valence-corrected chi connectivity index (χ2v) is 4.60. The van der Waals surface area contributed by atoms with Crippen LogP contribution in [0.2, 0.25) is 0 Å². The number of nitro groups is 1. The molecule has 6 nitrogen and oxygen atoms in total. The van der Waals surface area contributed by atoms with Crippen molar-refractivity contribution >= 4 is 17.3 Å². The molecule has 8 heteroatoms. The second-order valence-electron chi connectivity index (χ2n) is 4.60. The van der Waals surface area contributed by atoms with E-state index in [1.165, 1.54) is 20.2 Å². The molecule has 0 heterocycles. The zero-order valence-corrected chi connectivity index (χ0v) is 12.2. The highest BCUT2D eigenvalue weighted by Crippen LogP contribution is 2.30. The molecule has 0 aromatic heterocycles. The molecule has 23 heavy (non-hydrogen) atoms. The van der Waals surface area contributed by atoms with Crippen LogP contribution in [-0.4, -0.2) is 25.0 Å². The third-order valence-corrected chi connectivity index (χ3v) is 3.19. The van der Waals surface area contributed by atoms with E-state index in [4.69, 9.17) is 4.74 Å².